The summed E-state index contributed by atoms with van der Waals surface area (Å²) in [5.41, 5.74) is 0. The van der Waals surface area contributed by atoms with Gasteiger partial charge in [0.25, 0.3) is 0 Å². The summed E-state index contributed by atoms with van der Waals surface area (Å²) in [6.07, 6.45) is 1.59. The first-order chi connectivity index (χ1) is 7.65. The van der Waals surface area contributed by atoms with Gasteiger partial charge in [-0.25, -0.2) is 0 Å². The second-order valence-corrected chi connectivity index (χ2v) is 4.55. The highest BCUT2D eigenvalue weighted by molar-refractivity contribution is 5.85. The number of hydrogen-bond donors (Lipinski definition) is 2. The topological polar surface area (TPSA) is 50.4 Å². The number of ether oxygens (including phenoxy) is 1. The lowest BCUT2D eigenvalue weighted by Gasteiger charge is -2.36. The summed E-state index contributed by atoms with van der Waals surface area (Å²) < 4.78 is 5.17. The molecule has 0 aromatic rings. The second-order valence-electron chi connectivity index (χ2n) is 4.55. The lowest BCUT2D eigenvalue weighted by molar-refractivity contribution is -0.123. The molecule has 0 radical (unpaired) electrons. The van der Waals surface area contributed by atoms with E-state index < -0.39 is 0 Å². The second kappa shape index (κ2) is 8.72. The molecule has 3 atom stereocenters. The molecular formula is C12H25ClN2O2. The maximum absolute atomic E-state index is 11.7. The van der Waals surface area contributed by atoms with E-state index >= 15 is 0 Å². The third-order valence-corrected chi connectivity index (χ3v) is 3.22. The number of piperidine rings is 1. The molecule has 1 fully saturated rings. The van der Waals surface area contributed by atoms with Crippen LogP contribution in [0.3, 0.4) is 0 Å². The minimum absolute atomic E-state index is 0. The molecule has 0 saturated carbocycles. The zero-order valence-corrected chi connectivity index (χ0v) is 11.8. The molecule has 17 heavy (non-hydrogen) atoms. The molecule has 1 amide bonds. The number of nitrogens with one attached hydrogen (secondary N) is 2. The van der Waals surface area contributed by atoms with Crippen LogP contribution in [0.5, 0.6) is 0 Å². The Morgan fingerprint density at radius 3 is 2.76 bits per heavy atom. The molecule has 1 rings (SSSR count). The van der Waals surface area contributed by atoms with Crippen LogP contribution in [0, 0.1) is 5.92 Å². The van der Waals surface area contributed by atoms with Gasteiger partial charge in [-0.3, -0.25) is 4.79 Å². The van der Waals surface area contributed by atoms with E-state index in [1.165, 1.54) is 0 Å². The predicted octanol–water partition coefficient (Wildman–Crippen LogP) is 1.34. The average molecular weight is 265 g/mol. The lowest BCUT2D eigenvalue weighted by Crippen LogP contribution is -2.56. The van der Waals surface area contributed by atoms with Crippen molar-refractivity contribution in [3.05, 3.63) is 0 Å². The van der Waals surface area contributed by atoms with Crippen molar-refractivity contribution in [3.8, 4) is 0 Å². The van der Waals surface area contributed by atoms with Crippen molar-refractivity contribution in [3.63, 3.8) is 0 Å². The molecule has 2 N–H and O–H groups in total. The van der Waals surface area contributed by atoms with E-state index in [1.807, 2.05) is 6.92 Å². The normalized spacial score (nSPS) is 28.3. The highest BCUT2D eigenvalue weighted by Crippen LogP contribution is 2.16. The minimum Gasteiger partial charge on any atom is -0.381 e. The van der Waals surface area contributed by atoms with Crippen molar-refractivity contribution >= 4 is 18.3 Å². The van der Waals surface area contributed by atoms with Crippen molar-refractivity contribution in [2.24, 2.45) is 5.92 Å². The third-order valence-electron chi connectivity index (χ3n) is 3.22. The summed E-state index contributed by atoms with van der Waals surface area (Å²) in [6.45, 7) is 8.51. The zero-order chi connectivity index (χ0) is 12.0. The molecule has 0 aromatic heterocycles. The first kappa shape index (κ1) is 16.7. The number of carbonyl (C=O) groups excluding carboxylic acids is 1. The van der Waals surface area contributed by atoms with Gasteiger partial charge in [-0.05, 0) is 32.7 Å². The monoisotopic (exact) mass is 264 g/mol. The van der Waals surface area contributed by atoms with Crippen LogP contribution in [0.2, 0.25) is 0 Å². The van der Waals surface area contributed by atoms with Crippen molar-refractivity contribution in [2.75, 3.05) is 19.8 Å². The Morgan fingerprint density at radius 1 is 1.47 bits per heavy atom. The van der Waals surface area contributed by atoms with Crippen LogP contribution in [0.4, 0.5) is 0 Å². The van der Waals surface area contributed by atoms with Crippen LogP contribution in [0.25, 0.3) is 0 Å². The SMILES string of the molecule is CCOCCC(=O)NC1C(C)CCNC1C.Cl. The minimum atomic E-state index is 0. The van der Waals surface area contributed by atoms with E-state index in [1.54, 1.807) is 0 Å². The first-order valence-corrected chi connectivity index (χ1v) is 6.25. The molecule has 0 aliphatic carbocycles. The quantitative estimate of drug-likeness (QED) is 0.737. The van der Waals surface area contributed by atoms with Crippen molar-refractivity contribution in [1.82, 2.24) is 10.6 Å². The summed E-state index contributed by atoms with van der Waals surface area (Å²) in [7, 11) is 0. The van der Waals surface area contributed by atoms with Crippen LogP contribution >= 0.6 is 12.4 Å². The fourth-order valence-corrected chi connectivity index (χ4v) is 2.17. The fraction of sp³-hybridized carbons (Fsp3) is 0.917. The Bertz CT molecular complexity index is 217. The van der Waals surface area contributed by atoms with E-state index in [-0.39, 0.29) is 24.4 Å². The number of carbonyl (C=O) groups is 1. The lowest BCUT2D eigenvalue weighted by atomic mass is 9.89. The Balaban J connectivity index is 0.00000256. The van der Waals surface area contributed by atoms with Gasteiger partial charge in [0, 0.05) is 25.1 Å². The molecule has 0 spiro atoms. The molecule has 1 aliphatic rings. The first-order valence-electron chi connectivity index (χ1n) is 6.25. The maximum atomic E-state index is 11.7. The summed E-state index contributed by atoms with van der Waals surface area (Å²) in [6, 6.07) is 0.614. The zero-order valence-electron chi connectivity index (χ0n) is 11.0. The Hall–Kier alpha value is -0.320. The summed E-state index contributed by atoms with van der Waals surface area (Å²) in [5.74, 6) is 0.646. The Kier molecular flexibility index (Phi) is 8.56. The Morgan fingerprint density at radius 2 is 2.18 bits per heavy atom. The number of halogens is 1. The molecule has 1 saturated heterocycles. The van der Waals surface area contributed by atoms with Gasteiger partial charge < -0.3 is 15.4 Å². The van der Waals surface area contributed by atoms with Crippen molar-refractivity contribution in [1.29, 1.82) is 0 Å². The fourth-order valence-electron chi connectivity index (χ4n) is 2.17. The third kappa shape index (κ3) is 5.70. The molecular weight excluding hydrogens is 240 g/mol. The van der Waals surface area contributed by atoms with Gasteiger partial charge in [0.05, 0.1) is 6.61 Å². The summed E-state index contributed by atoms with van der Waals surface area (Å²) >= 11 is 0. The molecule has 0 aromatic carbocycles. The highest BCUT2D eigenvalue weighted by Gasteiger charge is 2.28. The number of amides is 1. The molecule has 4 nitrogen and oxygen atoms in total. The van der Waals surface area contributed by atoms with E-state index in [0.717, 1.165) is 13.0 Å². The van der Waals surface area contributed by atoms with Crippen LogP contribution in [-0.4, -0.2) is 37.7 Å². The van der Waals surface area contributed by atoms with E-state index in [4.69, 9.17) is 4.74 Å². The van der Waals surface area contributed by atoms with E-state index in [0.29, 0.717) is 31.6 Å². The van der Waals surface area contributed by atoms with E-state index in [2.05, 4.69) is 24.5 Å². The highest BCUT2D eigenvalue weighted by atomic mass is 35.5. The van der Waals surface area contributed by atoms with Gasteiger partial charge in [0.1, 0.15) is 0 Å². The van der Waals surface area contributed by atoms with Crippen LogP contribution in [0.1, 0.15) is 33.6 Å². The van der Waals surface area contributed by atoms with Crippen LogP contribution in [-0.2, 0) is 9.53 Å². The van der Waals surface area contributed by atoms with Gasteiger partial charge >= 0.3 is 0 Å². The van der Waals surface area contributed by atoms with Crippen molar-refractivity contribution < 1.29 is 9.53 Å². The standard InChI is InChI=1S/C12H24N2O2.ClH/c1-4-16-8-6-11(15)14-12-9(2)5-7-13-10(12)3;/h9-10,12-13H,4-8H2,1-3H3,(H,14,15);1H. The molecule has 3 unspecified atom stereocenters. The smallest absolute Gasteiger partial charge is 0.222 e. The van der Waals surface area contributed by atoms with Crippen LogP contribution in [0.15, 0.2) is 0 Å². The van der Waals surface area contributed by atoms with Gasteiger partial charge in [-0.2, -0.15) is 0 Å². The van der Waals surface area contributed by atoms with Crippen molar-refractivity contribution in [2.45, 2.75) is 45.7 Å². The molecule has 1 aliphatic heterocycles. The van der Waals surface area contributed by atoms with E-state index in [9.17, 15) is 4.79 Å². The Labute approximate surface area is 110 Å². The number of rotatable bonds is 5. The average Bonchev–Trinajstić information content (AvgIpc) is 2.24. The maximum Gasteiger partial charge on any atom is 0.222 e. The molecule has 102 valence electrons. The van der Waals surface area contributed by atoms with Gasteiger partial charge in [-0.1, -0.05) is 6.92 Å². The van der Waals surface area contributed by atoms with Gasteiger partial charge in [-0.15, -0.1) is 12.4 Å². The van der Waals surface area contributed by atoms with Crippen LogP contribution < -0.4 is 10.6 Å². The number of hydrogen-bond acceptors (Lipinski definition) is 3. The largest absolute Gasteiger partial charge is 0.381 e. The molecule has 5 heteroatoms. The van der Waals surface area contributed by atoms with Gasteiger partial charge in [0.2, 0.25) is 5.91 Å². The summed E-state index contributed by atoms with van der Waals surface area (Å²) in [4.78, 5) is 11.7. The summed E-state index contributed by atoms with van der Waals surface area (Å²) in [5, 5.41) is 6.48. The molecule has 0 bridgehead atoms. The molecule has 1 heterocycles. The van der Waals surface area contributed by atoms with Gasteiger partial charge in [0.15, 0.2) is 0 Å². The predicted molar refractivity (Wildman–Crippen MR) is 71.5 cm³/mol.